The van der Waals surface area contributed by atoms with Gasteiger partial charge in [-0.15, -0.1) is 12.8 Å². The van der Waals surface area contributed by atoms with Gasteiger partial charge in [-0.3, -0.25) is 9.59 Å². The van der Waals surface area contributed by atoms with Gasteiger partial charge in [0.25, 0.3) is 0 Å². The largest absolute Gasteiger partial charge is 0.461 e. The molecule has 0 bridgehead atoms. The summed E-state index contributed by atoms with van der Waals surface area (Å²) in [6.07, 6.45) is 4.43. The van der Waals surface area contributed by atoms with Gasteiger partial charge < -0.3 is 9.47 Å². The van der Waals surface area contributed by atoms with Crippen molar-refractivity contribution in [2.45, 2.75) is 78.2 Å². The number of terminal acetylenes is 1. The number of hydrogen-bond acceptors (Lipinski definition) is 4. The van der Waals surface area contributed by atoms with Gasteiger partial charge in [0.05, 0.1) is 12.3 Å². The number of carbonyl (C=O) groups is 2. The van der Waals surface area contributed by atoms with Crippen LogP contribution in [0, 0.1) is 24.7 Å². The molecule has 0 spiro atoms. The molecule has 1 atom stereocenters. The first-order valence-corrected chi connectivity index (χ1v) is 10.2. The van der Waals surface area contributed by atoms with Gasteiger partial charge in [-0.25, -0.2) is 0 Å². The van der Waals surface area contributed by atoms with E-state index >= 15 is 0 Å². The van der Waals surface area contributed by atoms with Gasteiger partial charge in [0.1, 0.15) is 12.2 Å². The molecule has 0 N–H and O–H groups in total. The number of esters is 2. The van der Waals surface area contributed by atoms with Gasteiger partial charge in [-0.05, 0) is 38.7 Å². The number of rotatable bonds is 7. The second-order valence-corrected chi connectivity index (χ2v) is 8.42. The Hall–Kier alpha value is -2.49. The number of ether oxygens (including phenoxy) is 2. The summed E-state index contributed by atoms with van der Waals surface area (Å²) in [5.41, 5.74) is -0.0673. The lowest BCUT2D eigenvalue weighted by Gasteiger charge is -2.22. The fourth-order valence-corrected chi connectivity index (χ4v) is 2.24. The van der Waals surface area contributed by atoms with Crippen molar-refractivity contribution >= 4 is 11.9 Å². The molecule has 4 nitrogen and oxygen atoms in total. The smallest absolute Gasteiger partial charge is 0.389 e. The molecule has 0 aromatic heterocycles. The zero-order chi connectivity index (χ0) is 24.1. The Morgan fingerprint density at radius 2 is 1.61 bits per heavy atom. The third-order valence-electron chi connectivity index (χ3n) is 4.03. The van der Waals surface area contributed by atoms with Crippen LogP contribution in [0.5, 0.6) is 0 Å². The van der Waals surface area contributed by atoms with Gasteiger partial charge in [-0.2, -0.15) is 13.2 Å². The van der Waals surface area contributed by atoms with E-state index in [2.05, 4.69) is 19.8 Å². The topological polar surface area (TPSA) is 52.6 Å². The summed E-state index contributed by atoms with van der Waals surface area (Å²) >= 11 is 0. The summed E-state index contributed by atoms with van der Waals surface area (Å²) in [6, 6.07) is 8.76. The Labute approximate surface area is 183 Å². The van der Waals surface area contributed by atoms with Crippen molar-refractivity contribution in [1.82, 2.24) is 0 Å². The number of halogens is 3. The maximum atomic E-state index is 12.5. The monoisotopic (exact) mass is 442 g/mol. The number of carbonyl (C=O) groups excluding carboxylic acids is 2. The first-order chi connectivity index (χ1) is 14.4. The standard InChI is InChI=1S/C18H23F3O4.C4H8.C2H2/c1-17(2,3)25-15(22)11-14(9-10-18(19,20)21)16(23)24-12-13-7-5-4-6-8-13;1-4-2-3-4;1-2/h4-8,14H,9-12H2,1-3H3;4H,2-3H2,1H3;1-2H/t14-;;/m1../s1. The van der Waals surface area contributed by atoms with Crippen LogP contribution >= 0.6 is 0 Å². The summed E-state index contributed by atoms with van der Waals surface area (Å²) in [4.78, 5) is 24.0. The summed E-state index contributed by atoms with van der Waals surface area (Å²) in [5.74, 6) is -1.67. The van der Waals surface area contributed by atoms with Crippen LogP contribution in [0.25, 0.3) is 0 Å². The van der Waals surface area contributed by atoms with Gasteiger partial charge >= 0.3 is 18.1 Å². The molecule has 1 aromatic carbocycles. The van der Waals surface area contributed by atoms with E-state index in [9.17, 15) is 22.8 Å². The highest BCUT2D eigenvalue weighted by Crippen LogP contribution is 2.27. The number of alkyl halides is 3. The molecule has 0 amide bonds. The summed E-state index contributed by atoms with van der Waals surface area (Å²) < 4.78 is 47.6. The van der Waals surface area contributed by atoms with Crippen LogP contribution in [-0.2, 0) is 25.7 Å². The summed E-state index contributed by atoms with van der Waals surface area (Å²) in [7, 11) is 0. The highest BCUT2D eigenvalue weighted by atomic mass is 19.4. The van der Waals surface area contributed by atoms with Crippen molar-refractivity contribution in [1.29, 1.82) is 0 Å². The highest BCUT2D eigenvalue weighted by molar-refractivity contribution is 5.80. The molecule has 1 fully saturated rings. The predicted molar refractivity (Wildman–Crippen MR) is 114 cm³/mol. The number of hydrogen-bond donors (Lipinski definition) is 0. The molecule has 0 heterocycles. The first kappa shape index (κ1) is 28.5. The zero-order valence-electron chi connectivity index (χ0n) is 18.7. The lowest BCUT2D eigenvalue weighted by molar-refractivity contribution is -0.165. The zero-order valence-corrected chi connectivity index (χ0v) is 18.7. The van der Waals surface area contributed by atoms with Gasteiger partial charge in [-0.1, -0.05) is 50.1 Å². The molecule has 1 aliphatic rings. The minimum atomic E-state index is -4.41. The average molecular weight is 443 g/mol. The third-order valence-corrected chi connectivity index (χ3v) is 4.03. The van der Waals surface area contributed by atoms with Crippen LogP contribution in [0.4, 0.5) is 13.2 Å². The highest BCUT2D eigenvalue weighted by Gasteiger charge is 2.33. The van der Waals surface area contributed by atoms with E-state index in [4.69, 9.17) is 9.47 Å². The van der Waals surface area contributed by atoms with E-state index in [-0.39, 0.29) is 6.61 Å². The van der Waals surface area contributed by atoms with E-state index < -0.39 is 48.9 Å². The Morgan fingerprint density at radius 3 is 2.03 bits per heavy atom. The van der Waals surface area contributed by atoms with Crippen molar-refractivity contribution in [3.05, 3.63) is 35.9 Å². The quantitative estimate of drug-likeness (QED) is 0.379. The first-order valence-electron chi connectivity index (χ1n) is 10.2. The molecule has 1 aromatic rings. The molecule has 0 aliphatic heterocycles. The van der Waals surface area contributed by atoms with E-state index in [1.807, 2.05) is 0 Å². The maximum absolute atomic E-state index is 12.5. The lowest BCUT2D eigenvalue weighted by Crippen LogP contribution is -2.28. The maximum Gasteiger partial charge on any atom is 0.389 e. The minimum absolute atomic E-state index is 0.0590. The van der Waals surface area contributed by atoms with Crippen molar-refractivity contribution in [2.75, 3.05) is 0 Å². The number of benzene rings is 1. The normalized spacial score (nSPS) is 14.1. The Bertz CT molecular complexity index is 672. The molecule has 1 saturated carbocycles. The Balaban J connectivity index is 0.00000130. The molecular formula is C24H33F3O4. The van der Waals surface area contributed by atoms with Crippen LogP contribution in [0.15, 0.2) is 30.3 Å². The minimum Gasteiger partial charge on any atom is -0.461 e. The molecule has 2 rings (SSSR count). The SMILES string of the molecule is C#C.CC(C)(C)OC(=O)C[C@@H](CCC(F)(F)F)C(=O)OCc1ccccc1.CC1CC1. The van der Waals surface area contributed by atoms with Gasteiger partial charge in [0.15, 0.2) is 0 Å². The van der Waals surface area contributed by atoms with E-state index in [1.54, 1.807) is 51.1 Å². The van der Waals surface area contributed by atoms with Crippen LogP contribution in [0.3, 0.4) is 0 Å². The second kappa shape index (κ2) is 13.7. The second-order valence-electron chi connectivity index (χ2n) is 8.42. The average Bonchev–Trinajstić information content (AvgIpc) is 3.46. The fraction of sp³-hybridized carbons (Fsp3) is 0.583. The molecule has 31 heavy (non-hydrogen) atoms. The van der Waals surface area contributed by atoms with Gasteiger partial charge in [0.2, 0.25) is 0 Å². The molecule has 0 saturated heterocycles. The van der Waals surface area contributed by atoms with E-state index in [1.165, 1.54) is 12.8 Å². The van der Waals surface area contributed by atoms with Gasteiger partial charge in [0, 0.05) is 6.42 Å². The third kappa shape index (κ3) is 16.9. The molecular weight excluding hydrogens is 409 g/mol. The van der Waals surface area contributed by atoms with E-state index in [0.717, 1.165) is 5.92 Å². The molecule has 7 heteroatoms. The van der Waals surface area contributed by atoms with Crippen LogP contribution in [-0.4, -0.2) is 23.7 Å². The predicted octanol–water partition coefficient (Wildman–Crippen LogP) is 6.09. The molecule has 1 aliphatic carbocycles. The fourth-order valence-electron chi connectivity index (χ4n) is 2.24. The Morgan fingerprint density at radius 1 is 1.10 bits per heavy atom. The molecule has 0 radical (unpaired) electrons. The van der Waals surface area contributed by atoms with Crippen molar-refractivity contribution in [3.8, 4) is 12.8 Å². The van der Waals surface area contributed by atoms with Crippen molar-refractivity contribution < 1.29 is 32.2 Å². The van der Waals surface area contributed by atoms with Crippen molar-refractivity contribution in [3.63, 3.8) is 0 Å². The van der Waals surface area contributed by atoms with Crippen LogP contribution < -0.4 is 0 Å². The van der Waals surface area contributed by atoms with Crippen LogP contribution in [0.1, 0.15) is 65.4 Å². The molecule has 0 unspecified atom stereocenters. The lowest BCUT2D eigenvalue weighted by atomic mass is 9.99. The summed E-state index contributed by atoms with van der Waals surface area (Å²) in [6.45, 7) is 7.15. The van der Waals surface area contributed by atoms with Crippen molar-refractivity contribution in [2.24, 2.45) is 11.8 Å². The molecule has 174 valence electrons. The summed E-state index contributed by atoms with van der Waals surface area (Å²) in [5, 5.41) is 0. The van der Waals surface area contributed by atoms with E-state index in [0.29, 0.717) is 5.56 Å². The van der Waals surface area contributed by atoms with Crippen LogP contribution in [0.2, 0.25) is 0 Å². The Kier molecular flexibility index (Phi) is 12.6.